The summed E-state index contributed by atoms with van der Waals surface area (Å²) in [5, 5.41) is 12.0. The van der Waals surface area contributed by atoms with Crippen LogP contribution in [0.25, 0.3) is 21.9 Å². The van der Waals surface area contributed by atoms with Crippen LogP contribution in [0.1, 0.15) is 42.0 Å². The van der Waals surface area contributed by atoms with E-state index in [1.807, 2.05) is 59.2 Å². The van der Waals surface area contributed by atoms with E-state index in [1.165, 1.54) is 4.68 Å². The number of hydrogen-bond acceptors (Lipinski definition) is 5. The van der Waals surface area contributed by atoms with Gasteiger partial charge in [-0.25, -0.2) is 4.98 Å². The molecule has 0 saturated heterocycles. The van der Waals surface area contributed by atoms with Gasteiger partial charge in [-0.1, -0.05) is 61.0 Å². The predicted molar refractivity (Wildman–Crippen MR) is 130 cm³/mol. The molecule has 170 valence electrons. The Balaban J connectivity index is 1.58. The average molecular weight is 453 g/mol. The van der Waals surface area contributed by atoms with Crippen molar-refractivity contribution in [3.8, 4) is 0 Å². The molecule has 8 nitrogen and oxygen atoms in total. The Morgan fingerprint density at radius 3 is 2.44 bits per heavy atom. The lowest BCUT2D eigenvalue weighted by molar-refractivity contribution is 0.0931. The van der Waals surface area contributed by atoms with E-state index in [1.54, 1.807) is 24.3 Å². The Morgan fingerprint density at radius 1 is 0.941 bits per heavy atom. The summed E-state index contributed by atoms with van der Waals surface area (Å²) < 4.78 is 3.27. The van der Waals surface area contributed by atoms with Crippen molar-refractivity contribution >= 4 is 27.8 Å². The van der Waals surface area contributed by atoms with Gasteiger partial charge in [0.1, 0.15) is 18.0 Å². The lowest BCUT2D eigenvalue weighted by atomic mass is 10.1. The quantitative estimate of drug-likeness (QED) is 0.404. The lowest BCUT2D eigenvalue weighted by Crippen LogP contribution is -2.33. The molecule has 34 heavy (non-hydrogen) atoms. The van der Waals surface area contributed by atoms with Crippen LogP contribution in [-0.4, -0.2) is 30.5 Å². The largest absolute Gasteiger partial charge is 0.342 e. The molecule has 1 amide bonds. The van der Waals surface area contributed by atoms with Crippen molar-refractivity contribution in [2.24, 2.45) is 0 Å². The minimum absolute atomic E-state index is 0.133. The fraction of sp³-hybridized carbons (Fsp3) is 0.192. The SMILES string of the molecule is CCC[C@H](NC(=O)c1ccccc1)c1nc2ccccc2n1Cn1nnc2ccccc2c1=O. The van der Waals surface area contributed by atoms with Gasteiger partial charge in [0.05, 0.1) is 22.5 Å². The molecule has 1 N–H and O–H groups in total. The van der Waals surface area contributed by atoms with E-state index in [4.69, 9.17) is 4.98 Å². The summed E-state index contributed by atoms with van der Waals surface area (Å²) in [6, 6.07) is 23.6. The van der Waals surface area contributed by atoms with Crippen LogP contribution < -0.4 is 10.9 Å². The van der Waals surface area contributed by atoms with Crippen LogP contribution in [0.4, 0.5) is 0 Å². The van der Waals surface area contributed by atoms with E-state index >= 15 is 0 Å². The van der Waals surface area contributed by atoms with Crippen molar-refractivity contribution in [2.75, 3.05) is 0 Å². The van der Waals surface area contributed by atoms with Crippen molar-refractivity contribution < 1.29 is 4.79 Å². The molecule has 0 unspecified atom stereocenters. The number of nitrogens with one attached hydrogen (secondary N) is 1. The Morgan fingerprint density at radius 2 is 1.65 bits per heavy atom. The monoisotopic (exact) mass is 452 g/mol. The Hall–Kier alpha value is -4.33. The highest BCUT2D eigenvalue weighted by atomic mass is 16.2. The first-order valence-electron chi connectivity index (χ1n) is 11.3. The number of rotatable bonds is 7. The average Bonchev–Trinajstić information content (AvgIpc) is 3.24. The summed E-state index contributed by atoms with van der Waals surface area (Å²) >= 11 is 0. The number of fused-ring (bicyclic) bond motifs is 2. The molecular formula is C26H24N6O2. The van der Waals surface area contributed by atoms with Crippen molar-refractivity contribution in [3.63, 3.8) is 0 Å². The second-order valence-electron chi connectivity index (χ2n) is 8.12. The van der Waals surface area contributed by atoms with Crippen LogP contribution in [0.5, 0.6) is 0 Å². The summed E-state index contributed by atoms with van der Waals surface area (Å²) in [6.45, 7) is 2.20. The summed E-state index contributed by atoms with van der Waals surface area (Å²) in [5.41, 5.74) is 2.56. The second-order valence-corrected chi connectivity index (χ2v) is 8.12. The van der Waals surface area contributed by atoms with E-state index in [-0.39, 0.29) is 24.2 Å². The summed E-state index contributed by atoms with van der Waals surface area (Å²) in [6.07, 6.45) is 1.54. The van der Waals surface area contributed by atoms with Gasteiger partial charge in [0, 0.05) is 5.56 Å². The highest BCUT2D eigenvalue weighted by Gasteiger charge is 2.23. The van der Waals surface area contributed by atoms with Gasteiger partial charge in [-0.05, 0) is 42.8 Å². The molecule has 0 fully saturated rings. The van der Waals surface area contributed by atoms with Crippen molar-refractivity contribution in [2.45, 2.75) is 32.5 Å². The molecule has 2 aromatic heterocycles. The van der Waals surface area contributed by atoms with Gasteiger partial charge < -0.3 is 9.88 Å². The first kappa shape index (κ1) is 21.5. The van der Waals surface area contributed by atoms with Crippen LogP contribution in [0.15, 0.2) is 83.7 Å². The number of aromatic nitrogens is 5. The third-order valence-electron chi connectivity index (χ3n) is 5.82. The molecule has 0 bridgehead atoms. The zero-order valence-corrected chi connectivity index (χ0v) is 18.8. The van der Waals surface area contributed by atoms with Crippen LogP contribution in [0.2, 0.25) is 0 Å². The van der Waals surface area contributed by atoms with E-state index < -0.39 is 0 Å². The van der Waals surface area contributed by atoms with Crippen LogP contribution in [0, 0.1) is 0 Å². The fourth-order valence-corrected chi connectivity index (χ4v) is 4.14. The molecule has 0 aliphatic heterocycles. The molecular weight excluding hydrogens is 428 g/mol. The third-order valence-corrected chi connectivity index (χ3v) is 5.82. The molecule has 5 rings (SSSR count). The van der Waals surface area contributed by atoms with Gasteiger partial charge in [-0.15, -0.1) is 5.10 Å². The van der Waals surface area contributed by atoms with E-state index in [0.29, 0.717) is 28.7 Å². The Labute approximate surface area is 195 Å². The molecule has 0 saturated carbocycles. The fourth-order valence-electron chi connectivity index (χ4n) is 4.14. The molecule has 3 aromatic carbocycles. The maximum Gasteiger partial charge on any atom is 0.279 e. The van der Waals surface area contributed by atoms with Gasteiger partial charge >= 0.3 is 0 Å². The maximum atomic E-state index is 13.1. The number of amides is 1. The Kier molecular flexibility index (Phi) is 5.86. The zero-order chi connectivity index (χ0) is 23.5. The lowest BCUT2D eigenvalue weighted by Gasteiger charge is -2.20. The van der Waals surface area contributed by atoms with Crippen molar-refractivity contribution in [3.05, 3.63) is 101 Å². The molecule has 0 radical (unpaired) electrons. The van der Waals surface area contributed by atoms with Gasteiger partial charge in [-0.3, -0.25) is 9.59 Å². The third kappa shape index (κ3) is 4.05. The predicted octanol–water partition coefficient (Wildman–Crippen LogP) is 3.92. The molecule has 0 aliphatic carbocycles. The van der Waals surface area contributed by atoms with Crippen molar-refractivity contribution in [1.82, 2.24) is 29.9 Å². The van der Waals surface area contributed by atoms with Crippen LogP contribution >= 0.6 is 0 Å². The van der Waals surface area contributed by atoms with E-state index in [9.17, 15) is 9.59 Å². The minimum Gasteiger partial charge on any atom is -0.342 e. The van der Waals surface area contributed by atoms with Gasteiger partial charge in [0.25, 0.3) is 11.5 Å². The van der Waals surface area contributed by atoms with Crippen LogP contribution in [-0.2, 0) is 6.67 Å². The number of nitrogens with zero attached hydrogens (tertiary/aromatic N) is 5. The summed E-state index contributed by atoms with van der Waals surface area (Å²) in [5.74, 6) is 0.509. The topological polar surface area (TPSA) is 94.7 Å². The summed E-state index contributed by atoms with van der Waals surface area (Å²) in [4.78, 5) is 30.9. The molecule has 8 heteroatoms. The van der Waals surface area contributed by atoms with E-state index in [0.717, 1.165) is 17.5 Å². The number of carbonyl (C=O) groups is 1. The zero-order valence-electron chi connectivity index (χ0n) is 18.8. The van der Waals surface area contributed by atoms with Gasteiger partial charge in [0.15, 0.2) is 0 Å². The maximum absolute atomic E-state index is 13.1. The molecule has 2 heterocycles. The second kappa shape index (κ2) is 9.27. The molecule has 1 atom stereocenters. The first-order valence-corrected chi connectivity index (χ1v) is 11.3. The van der Waals surface area contributed by atoms with E-state index in [2.05, 4.69) is 22.6 Å². The summed E-state index contributed by atoms with van der Waals surface area (Å²) in [7, 11) is 0. The number of imidazole rings is 1. The highest BCUT2D eigenvalue weighted by molar-refractivity contribution is 5.94. The van der Waals surface area contributed by atoms with Gasteiger partial charge in [0.2, 0.25) is 0 Å². The number of hydrogen-bond donors (Lipinski definition) is 1. The number of benzene rings is 3. The standard InChI is InChI=1S/C26H24N6O2/c1-2-10-22(28-25(33)18-11-4-3-5-12-18)24-27-21-15-8-9-16-23(21)31(24)17-32-26(34)19-13-6-7-14-20(19)29-30-32/h3-9,11-16,22H,2,10,17H2,1H3,(H,28,33)/t22-/m0/s1. The number of carbonyl (C=O) groups excluding carboxylic acids is 1. The molecule has 5 aromatic rings. The first-order chi connectivity index (χ1) is 16.7. The normalized spacial score (nSPS) is 12.1. The van der Waals surface area contributed by atoms with Crippen molar-refractivity contribution in [1.29, 1.82) is 0 Å². The Bertz CT molecular complexity index is 1520. The smallest absolute Gasteiger partial charge is 0.279 e. The number of para-hydroxylation sites is 2. The van der Waals surface area contributed by atoms with Gasteiger partial charge in [-0.2, -0.15) is 4.68 Å². The molecule has 0 aliphatic rings. The minimum atomic E-state index is -0.339. The molecule has 0 spiro atoms. The van der Waals surface area contributed by atoms with Crippen LogP contribution in [0.3, 0.4) is 0 Å². The highest BCUT2D eigenvalue weighted by Crippen LogP contribution is 2.24.